The summed E-state index contributed by atoms with van der Waals surface area (Å²) in [6.07, 6.45) is 0.329. The minimum Gasteiger partial charge on any atom is -0.477 e. The molecule has 4 nitrogen and oxygen atoms in total. The fraction of sp³-hybridized carbons (Fsp3) is 0.357. The van der Waals surface area contributed by atoms with E-state index in [4.69, 9.17) is 10.4 Å². The number of rotatable bonds is 2. The molecule has 1 heterocycles. The van der Waals surface area contributed by atoms with Gasteiger partial charge in [0.1, 0.15) is 5.69 Å². The molecule has 0 saturated carbocycles. The zero-order valence-corrected chi connectivity index (χ0v) is 10.6. The maximum Gasteiger partial charge on any atom is 0.354 e. The average Bonchev–Trinajstić information content (AvgIpc) is 2.26. The van der Waals surface area contributed by atoms with E-state index < -0.39 is 11.4 Å². The molecular weight excluding hydrogens is 228 g/mol. The van der Waals surface area contributed by atoms with E-state index in [1.54, 1.807) is 13.0 Å². The number of nitrogens with zero attached hydrogens (tertiary/aromatic N) is 2. The lowest BCUT2D eigenvalue weighted by Crippen LogP contribution is -2.06. The first-order chi connectivity index (χ1) is 8.34. The number of hydrogen-bond acceptors (Lipinski definition) is 3. The maximum atomic E-state index is 10.9. The molecule has 0 aliphatic carbocycles. The number of carboxylic acid groups (broad SMARTS) is 1. The molecule has 0 spiro atoms. The Morgan fingerprint density at radius 1 is 1.50 bits per heavy atom. The van der Waals surface area contributed by atoms with Crippen LogP contribution in [0.25, 0.3) is 0 Å². The molecule has 0 radical (unpaired) electrons. The summed E-state index contributed by atoms with van der Waals surface area (Å²) in [5.41, 5.74) is 0.788. The lowest BCUT2D eigenvalue weighted by molar-refractivity contribution is 0.0690. The molecule has 0 unspecified atom stereocenters. The van der Waals surface area contributed by atoms with Crippen LogP contribution in [0.1, 0.15) is 42.0 Å². The molecule has 0 saturated heterocycles. The number of aryl methyl sites for hydroxylation is 1. The lowest BCUT2D eigenvalue weighted by Gasteiger charge is -2.11. The van der Waals surface area contributed by atoms with Gasteiger partial charge in [-0.2, -0.15) is 5.26 Å². The van der Waals surface area contributed by atoms with E-state index in [0.717, 1.165) is 0 Å². The third-order valence-corrected chi connectivity index (χ3v) is 2.24. The largest absolute Gasteiger partial charge is 0.477 e. The second-order valence-electron chi connectivity index (χ2n) is 4.66. The maximum absolute atomic E-state index is 10.9. The van der Waals surface area contributed by atoms with Crippen LogP contribution in [-0.2, 0) is 0 Å². The van der Waals surface area contributed by atoms with Crippen LogP contribution in [0.2, 0.25) is 0 Å². The fourth-order valence-electron chi connectivity index (χ4n) is 1.33. The summed E-state index contributed by atoms with van der Waals surface area (Å²) in [6.45, 7) is 5.46. The molecule has 0 atom stereocenters. The normalized spacial score (nSPS) is 10.1. The second-order valence-corrected chi connectivity index (χ2v) is 4.66. The first-order valence-electron chi connectivity index (χ1n) is 5.46. The number of aromatic carboxylic acids is 1. The van der Waals surface area contributed by atoms with Gasteiger partial charge in [0, 0.05) is 16.7 Å². The van der Waals surface area contributed by atoms with E-state index in [0.29, 0.717) is 17.7 Å². The van der Waals surface area contributed by atoms with Crippen molar-refractivity contribution in [2.24, 2.45) is 5.41 Å². The summed E-state index contributed by atoms with van der Waals surface area (Å²) < 4.78 is 0. The summed E-state index contributed by atoms with van der Waals surface area (Å²) in [5.74, 6) is 4.81. The Hall–Kier alpha value is -2.33. The van der Waals surface area contributed by atoms with Crippen LogP contribution in [0.15, 0.2) is 12.1 Å². The highest BCUT2D eigenvalue weighted by Crippen LogP contribution is 2.18. The summed E-state index contributed by atoms with van der Waals surface area (Å²) >= 11 is 0. The fourth-order valence-corrected chi connectivity index (χ4v) is 1.33. The zero-order valence-electron chi connectivity index (χ0n) is 10.6. The van der Waals surface area contributed by atoms with Crippen molar-refractivity contribution in [3.05, 3.63) is 29.1 Å². The molecule has 18 heavy (non-hydrogen) atoms. The molecule has 0 aliphatic rings. The van der Waals surface area contributed by atoms with Gasteiger partial charge in [-0.3, -0.25) is 0 Å². The molecule has 4 heteroatoms. The van der Waals surface area contributed by atoms with Crippen molar-refractivity contribution in [3.8, 4) is 17.9 Å². The second kappa shape index (κ2) is 5.33. The first-order valence-corrected chi connectivity index (χ1v) is 5.46. The number of aromatic nitrogens is 1. The molecule has 1 aromatic rings. The Balaban J connectivity index is 3.10. The molecule has 1 aromatic heterocycles. The van der Waals surface area contributed by atoms with Gasteiger partial charge < -0.3 is 5.11 Å². The number of nitriles is 1. The molecule has 0 aromatic carbocycles. The van der Waals surface area contributed by atoms with Crippen LogP contribution >= 0.6 is 0 Å². The van der Waals surface area contributed by atoms with Crippen LogP contribution < -0.4 is 0 Å². The van der Waals surface area contributed by atoms with E-state index >= 15 is 0 Å². The van der Waals surface area contributed by atoms with Crippen LogP contribution in [0.5, 0.6) is 0 Å². The third kappa shape index (κ3) is 3.92. The van der Waals surface area contributed by atoms with Crippen LogP contribution in [0.3, 0.4) is 0 Å². The van der Waals surface area contributed by atoms with Crippen molar-refractivity contribution in [1.82, 2.24) is 4.98 Å². The Kier molecular flexibility index (Phi) is 4.07. The molecule has 0 aliphatic heterocycles. The van der Waals surface area contributed by atoms with Crippen molar-refractivity contribution >= 4 is 5.97 Å². The number of carboxylic acids is 1. The molecule has 1 rings (SSSR count). The Morgan fingerprint density at radius 3 is 2.72 bits per heavy atom. The predicted molar refractivity (Wildman–Crippen MR) is 66.8 cm³/mol. The summed E-state index contributed by atoms with van der Waals surface area (Å²) in [7, 11) is 0. The zero-order chi connectivity index (χ0) is 13.8. The minimum absolute atomic E-state index is 0.0163. The molecule has 92 valence electrons. The van der Waals surface area contributed by atoms with Gasteiger partial charge in [0.05, 0.1) is 12.5 Å². The first kappa shape index (κ1) is 13.7. The molecular formula is C14H14N2O2. The van der Waals surface area contributed by atoms with Crippen molar-refractivity contribution in [1.29, 1.82) is 5.26 Å². The monoisotopic (exact) mass is 242 g/mol. The Morgan fingerprint density at radius 2 is 2.17 bits per heavy atom. The Labute approximate surface area is 106 Å². The van der Waals surface area contributed by atoms with Gasteiger partial charge >= 0.3 is 5.97 Å². The SMILES string of the molecule is Cc1cc(C#CC(C)(C)CC#N)cc(C(=O)O)n1. The van der Waals surface area contributed by atoms with E-state index in [2.05, 4.69) is 22.9 Å². The molecule has 1 N–H and O–H groups in total. The van der Waals surface area contributed by atoms with E-state index in [9.17, 15) is 4.79 Å². The number of pyridine rings is 1. The molecule has 0 fully saturated rings. The van der Waals surface area contributed by atoms with Crippen LogP contribution in [0.4, 0.5) is 0 Å². The van der Waals surface area contributed by atoms with Gasteiger partial charge in [-0.15, -0.1) is 0 Å². The molecule has 0 bridgehead atoms. The van der Waals surface area contributed by atoms with Crippen LogP contribution in [-0.4, -0.2) is 16.1 Å². The van der Waals surface area contributed by atoms with Crippen molar-refractivity contribution in [3.63, 3.8) is 0 Å². The van der Waals surface area contributed by atoms with Gasteiger partial charge in [-0.05, 0) is 32.9 Å². The van der Waals surface area contributed by atoms with Crippen molar-refractivity contribution < 1.29 is 9.90 Å². The highest BCUT2D eigenvalue weighted by atomic mass is 16.4. The van der Waals surface area contributed by atoms with Crippen molar-refractivity contribution in [2.45, 2.75) is 27.2 Å². The predicted octanol–water partition coefficient (Wildman–Crippen LogP) is 2.38. The minimum atomic E-state index is -1.07. The number of carbonyl (C=O) groups is 1. The third-order valence-electron chi connectivity index (χ3n) is 2.24. The summed E-state index contributed by atoms with van der Waals surface area (Å²) in [4.78, 5) is 14.7. The smallest absolute Gasteiger partial charge is 0.354 e. The average molecular weight is 242 g/mol. The summed E-state index contributed by atoms with van der Waals surface area (Å²) in [5, 5.41) is 17.5. The van der Waals surface area contributed by atoms with Crippen LogP contribution in [0, 0.1) is 35.5 Å². The van der Waals surface area contributed by atoms with Gasteiger partial charge in [0.2, 0.25) is 0 Å². The Bertz CT molecular complexity index is 572. The van der Waals surface area contributed by atoms with Gasteiger partial charge in [0.15, 0.2) is 0 Å². The van der Waals surface area contributed by atoms with Gasteiger partial charge in [-0.25, -0.2) is 9.78 Å². The lowest BCUT2D eigenvalue weighted by atomic mass is 9.90. The molecule has 0 amide bonds. The van der Waals surface area contributed by atoms with E-state index in [1.807, 2.05) is 13.8 Å². The van der Waals surface area contributed by atoms with E-state index in [1.165, 1.54) is 6.07 Å². The summed E-state index contributed by atoms with van der Waals surface area (Å²) in [6, 6.07) is 5.24. The standard InChI is InChI=1S/C14H14N2O2/c1-10-8-11(9-12(16-10)13(17)18)4-5-14(2,3)6-7-15/h8-9H,6H2,1-3H3,(H,17,18). The van der Waals surface area contributed by atoms with Crippen molar-refractivity contribution in [2.75, 3.05) is 0 Å². The highest BCUT2D eigenvalue weighted by Gasteiger charge is 2.13. The quantitative estimate of drug-likeness (QED) is 0.808. The number of hydrogen-bond donors (Lipinski definition) is 1. The van der Waals surface area contributed by atoms with Gasteiger partial charge in [0.25, 0.3) is 0 Å². The topological polar surface area (TPSA) is 74.0 Å². The van der Waals surface area contributed by atoms with Gasteiger partial charge in [-0.1, -0.05) is 11.8 Å². The van der Waals surface area contributed by atoms with E-state index in [-0.39, 0.29) is 5.69 Å². The highest BCUT2D eigenvalue weighted by molar-refractivity contribution is 5.85.